The summed E-state index contributed by atoms with van der Waals surface area (Å²) in [5.41, 5.74) is 0. The first-order valence-corrected chi connectivity index (χ1v) is 7.39. The van der Waals surface area contributed by atoms with E-state index in [1.54, 1.807) is 0 Å². The summed E-state index contributed by atoms with van der Waals surface area (Å²) in [6.07, 6.45) is 1.23. The molecule has 3 N–H and O–H groups in total. The summed E-state index contributed by atoms with van der Waals surface area (Å²) in [5, 5.41) is 25.7. The normalized spacial score (nSPS) is 24.6. The zero-order valence-electron chi connectivity index (χ0n) is 10.0. The highest BCUT2D eigenvalue weighted by molar-refractivity contribution is 7.89. The molecule has 1 rings (SSSR count). The number of hydrogen-bond donors (Lipinski definition) is 3. The highest BCUT2D eigenvalue weighted by atomic mass is 32.2. The minimum Gasteiger partial charge on any atom is -0.481 e. The maximum absolute atomic E-state index is 12.3. The first-order valence-electron chi connectivity index (χ1n) is 5.88. The number of rotatable bonds is 7. The standard InChI is InChI=1S/C10H19NO6S/c12-6-4-11(5-7-13)18(16,17)9-3-1-2-8(9)10(14)15/h8-9,12-13H,1-7H2,(H,14,15). The van der Waals surface area contributed by atoms with Crippen molar-refractivity contribution in [2.75, 3.05) is 26.3 Å². The van der Waals surface area contributed by atoms with Gasteiger partial charge in [-0.1, -0.05) is 6.42 Å². The number of aliphatic hydroxyl groups is 2. The van der Waals surface area contributed by atoms with E-state index in [0.29, 0.717) is 19.3 Å². The van der Waals surface area contributed by atoms with Crippen molar-refractivity contribution in [1.82, 2.24) is 4.31 Å². The fourth-order valence-electron chi connectivity index (χ4n) is 2.35. The van der Waals surface area contributed by atoms with E-state index < -0.39 is 27.2 Å². The Bertz CT molecular complexity index is 376. The fraction of sp³-hybridized carbons (Fsp3) is 0.900. The molecular weight excluding hydrogens is 262 g/mol. The first-order chi connectivity index (χ1) is 8.45. The van der Waals surface area contributed by atoms with E-state index in [0.717, 1.165) is 4.31 Å². The van der Waals surface area contributed by atoms with Crippen LogP contribution in [-0.2, 0) is 14.8 Å². The van der Waals surface area contributed by atoms with Gasteiger partial charge in [0.1, 0.15) is 0 Å². The molecule has 0 spiro atoms. The van der Waals surface area contributed by atoms with E-state index >= 15 is 0 Å². The van der Waals surface area contributed by atoms with Gasteiger partial charge in [-0.25, -0.2) is 8.42 Å². The molecule has 2 unspecified atom stereocenters. The van der Waals surface area contributed by atoms with Gasteiger partial charge in [-0.15, -0.1) is 0 Å². The average Bonchev–Trinajstić information content (AvgIpc) is 2.78. The molecule has 0 aromatic rings. The van der Waals surface area contributed by atoms with Gasteiger partial charge in [0.2, 0.25) is 10.0 Å². The quantitative estimate of drug-likeness (QED) is 0.543. The third-order valence-electron chi connectivity index (χ3n) is 3.21. The third kappa shape index (κ3) is 3.19. The van der Waals surface area contributed by atoms with Crippen LogP contribution in [0.3, 0.4) is 0 Å². The number of sulfonamides is 1. The van der Waals surface area contributed by atoms with Gasteiger partial charge in [0, 0.05) is 13.1 Å². The lowest BCUT2D eigenvalue weighted by molar-refractivity contribution is -0.141. The molecule has 1 fully saturated rings. The Morgan fingerprint density at radius 3 is 2.17 bits per heavy atom. The Balaban J connectivity index is 2.92. The van der Waals surface area contributed by atoms with Crippen LogP contribution in [0.4, 0.5) is 0 Å². The number of aliphatic hydroxyl groups excluding tert-OH is 2. The maximum atomic E-state index is 12.3. The Morgan fingerprint density at radius 1 is 1.17 bits per heavy atom. The van der Waals surface area contributed by atoms with Crippen LogP contribution in [0.2, 0.25) is 0 Å². The second kappa shape index (κ2) is 6.46. The summed E-state index contributed by atoms with van der Waals surface area (Å²) in [6, 6.07) is 0. The van der Waals surface area contributed by atoms with Crippen LogP contribution in [0.1, 0.15) is 19.3 Å². The molecule has 1 aliphatic carbocycles. The molecule has 106 valence electrons. The number of nitrogens with zero attached hydrogens (tertiary/aromatic N) is 1. The van der Waals surface area contributed by atoms with E-state index in [4.69, 9.17) is 15.3 Å². The molecule has 7 nitrogen and oxygen atoms in total. The third-order valence-corrected chi connectivity index (χ3v) is 5.63. The van der Waals surface area contributed by atoms with Crippen LogP contribution in [0.15, 0.2) is 0 Å². The second-order valence-corrected chi connectivity index (χ2v) is 6.46. The first kappa shape index (κ1) is 15.4. The largest absolute Gasteiger partial charge is 0.481 e. The van der Waals surface area contributed by atoms with E-state index in [-0.39, 0.29) is 26.3 Å². The summed E-state index contributed by atoms with van der Waals surface area (Å²) in [4.78, 5) is 11.0. The number of carboxylic acids is 1. The molecule has 0 bridgehead atoms. The Labute approximate surface area is 106 Å². The highest BCUT2D eigenvalue weighted by Gasteiger charge is 2.43. The van der Waals surface area contributed by atoms with Crippen LogP contribution in [0, 0.1) is 5.92 Å². The van der Waals surface area contributed by atoms with Crippen molar-refractivity contribution in [3.8, 4) is 0 Å². The molecule has 0 heterocycles. The molecule has 0 radical (unpaired) electrons. The molecule has 0 saturated heterocycles. The molecule has 0 aliphatic heterocycles. The summed E-state index contributed by atoms with van der Waals surface area (Å²) in [6.45, 7) is -0.954. The van der Waals surface area contributed by atoms with Crippen LogP contribution in [-0.4, -0.2) is 65.6 Å². The van der Waals surface area contributed by atoms with Gasteiger partial charge in [-0.2, -0.15) is 4.31 Å². The molecule has 1 saturated carbocycles. The van der Waals surface area contributed by atoms with E-state index in [9.17, 15) is 13.2 Å². The van der Waals surface area contributed by atoms with Crippen molar-refractivity contribution >= 4 is 16.0 Å². The zero-order valence-corrected chi connectivity index (χ0v) is 10.8. The van der Waals surface area contributed by atoms with Gasteiger partial charge in [-0.05, 0) is 12.8 Å². The summed E-state index contributed by atoms with van der Waals surface area (Å²) < 4.78 is 25.5. The SMILES string of the molecule is O=C(O)C1CCCC1S(=O)(=O)N(CCO)CCO. The van der Waals surface area contributed by atoms with E-state index in [1.165, 1.54) is 0 Å². The van der Waals surface area contributed by atoms with Crippen molar-refractivity contribution in [2.45, 2.75) is 24.5 Å². The van der Waals surface area contributed by atoms with Crippen LogP contribution >= 0.6 is 0 Å². The minimum atomic E-state index is -3.79. The summed E-state index contributed by atoms with van der Waals surface area (Å²) >= 11 is 0. The molecular formula is C10H19NO6S. The number of carbonyl (C=O) groups is 1. The van der Waals surface area contributed by atoms with Gasteiger partial charge < -0.3 is 15.3 Å². The van der Waals surface area contributed by atoms with Gasteiger partial charge >= 0.3 is 5.97 Å². The number of carboxylic acid groups (broad SMARTS) is 1. The lowest BCUT2D eigenvalue weighted by Crippen LogP contribution is -2.44. The van der Waals surface area contributed by atoms with Gasteiger partial charge in [-0.3, -0.25) is 4.79 Å². The van der Waals surface area contributed by atoms with Crippen molar-refractivity contribution in [2.24, 2.45) is 5.92 Å². The molecule has 1 aliphatic rings. The lowest BCUT2D eigenvalue weighted by atomic mass is 10.1. The molecule has 2 atom stereocenters. The molecule has 0 aromatic carbocycles. The summed E-state index contributed by atoms with van der Waals surface area (Å²) in [7, 11) is -3.79. The van der Waals surface area contributed by atoms with Crippen molar-refractivity contribution in [1.29, 1.82) is 0 Å². The van der Waals surface area contributed by atoms with Crippen molar-refractivity contribution in [3.63, 3.8) is 0 Å². The average molecular weight is 281 g/mol. The highest BCUT2D eigenvalue weighted by Crippen LogP contribution is 2.33. The minimum absolute atomic E-state index is 0.119. The molecule has 8 heteroatoms. The lowest BCUT2D eigenvalue weighted by Gasteiger charge is -2.26. The fourth-order valence-corrected chi connectivity index (χ4v) is 4.53. The predicted octanol–water partition coefficient (Wildman–Crippen LogP) is -1.14. The van der Waals surface area contributed by atoms with Crippen LogP contribution in [0.5, 0.6) is 0 Å². The smallest absolute Gasteiger partial charge is 0.307 e. The predicted molar refractivity (Wildman–Crippen MR) is 63.4 cm³/mol. The van der Waals surface area contributed by atoms with Gasteiger partial charge in [0.05, 0.1) is 24.4 Å². The van der Waals surface area contributed by atoms with E-state index in [1.807, 2.05) is 0 Å². The number of hydrogen-bond acceptors (Lipinski definition) is 5. The Hall–Kier alpha value is -0.700. The van der Waals surface area contributed by atoms with E-state index in [2.05, 4.69) is 0 Å². The molecule has 18 heavy (non-hydrogen) atoms. The zero-order chi connectivity index (χ0) is 13.8. The second-order valence-electron chi connectivity index (χ2n) is 4.31. The topological polar surface area (TPSA) is 115 Å². The van der Waals surface area contributed by atoms with Crippen LogP contribution in [0.25, 0.3) is 0 Å². The summed E-state index contributed by atoms with van der Waals surface area (Å²) in [5.74, 6) is -2.00. The monoisotopic (exact) mass is 281 g/mol. The Morgan fingerprint density at radius 2 is 1.72 bits per heavy atom. The van der Waals surface area contributed by atoms with Crippen molar-refractivity contribution in [3.05, 3.63) is 0 Å². The van der Waals surface area contributed by atoms with Crippen LogP contribution < -0.4 is 0 Å². The van der Waals surface area contributed by atoms with Crippen molar-refractivity contribution < 1.29 is 28.5 Å². The maximum Gasteiger partial charge on any atom is 0.307 e. The Kier molecular flexibility index (Phi) is 5.51. The number of aliphatic carboxylic acids is 1. The molecule has 0 aromatic heterocycles. The molecule has 0 amide bonds. The van der Waals surface area contributed by atoms with Gasteiger partial charge in [0.15, 0.2) is 0 Å². The van der Waals surface area contributed by atoms with Gasteiger partial charge in [0.25, 0.3) is 0 Å².